The predicted molar refractivity (Wildman–Crippen MR) is 95.3 cm³/mol. The van der Waals surface area contributed by atoms with Crippen molar-refractivity contribution in [3.8, 4) is 11.1 Å². The maximum atomic E-state index is 12.8. The third-order valence-electron chi connectivity index (χ3n) is 4.54. The lowest BCUT2D eigenvalue weighted by Gasteiger charge is -2.11. The molecule has 2 N–H and O–H groups in total. The molecule has 1 aliphatic rings. The predicted octanol–water partition coefficient (Wildman–Crippen LogP) is 4.89. The Hall–Kier alpha value is -2.93. The number of nitrogens with zero attached hydrogens (tertiary/aromatic N) is 2. The topological polar surface area (TPSA) is 58.0 Å². The highest BCUT2D eigenvalue weighted by atomic mass is 19.4. The van der Waals surface area contributed by atoms with Gasteiger partial charge < -0.3 is 10.4 Å². The Labute approximate surface area is 153 Å². The molecule has 0 amide bonds. The van der Waals surface area contributed by atoms with Crippen LogP contribution in [0.1, 0.15) is 24.1 Å². The number of hydrogen-bond acceptors (Lipinski definition) is 4. The van der Waals surface area contributed by atoms with E-state index in [9.17, 15) is 18.3 Å². The minimum Gasteiger partial charge on any atom is -0.385 e. The Morgan fingerprint density at radius 2 is 1.70 bits per heavy atom. The van der Waals surface area contributed by atoms with Gasteiger partial charge in [-0.3, -0.25) is 0 Å². The lowest BCUT2D eigenvalue weighted by Crippen LogP contribution is -2.10. The highest BCUT2D eigenvalue weighted by molar-refractivity contribution is 5.70. The van der Waals surface area contributed by atoms with Gasteiger partial charge in [-0.25, -0.2) is 9.97 Å². The number of hydrogen-bond donors (Lipinski definition) is 2. The standard InChI is InChI=1S/C20H16F3N3O/c21-20(22,23)17-8-11-24-18(26-17)25-16-3-1-2-14(12-16)13-4-6-15(7-5-13)19(27)9-10-19/h1-8,11-12,27H,9-10H2,(H,24,25,26). The Morgan fingerprint density at radius 1 is 0.963 bits per heavy atom. The summed E-state index contributed by atoms with van der Waals surface area (Å²) in [7, 11) is 0. The van der Waals surface area contributed by atoms with E-state index in [2.05, 4.69) is 15.3 Å². The van der Waals surface area contributed by atoms with Crippen LogP contribution in [-0.2, 0) is 11.8 Å². The van der Waals surface area contributed by atoms with Gasteiger partial charge in [-0.05, 0) is 47.7 Å². The zero-order chi connectivity index (χ0) is 19.1. The second-order valence-corrected chi connectivity index (χ2v) is 6.58. The van der Waals surface area contributed by atoms with Gasteiger partial charge in [0.2, 0.25) is 5.95 Å². The third-order valence-corrected chi connectivity index (χ3v) is 4.54. The molecule has 0 spiro atoms. The van der Waals surface area contributed by atoms with Crippen molar-refractivity contribution in [2.75, 3.05) is 5.32 Å². The largest absolute Gasteiger partial charge is 0.433 e. The molecule has 1 fully saturated rings. The van der Waals surface area contributed by atoms with Gasteiger partial charge in [-0.15, -0.1) is 0 Å². The van der Waals surface area contributed by atoms with Crippen molar-refractivity contribution < 1.29 is 18.3 Å². The third kappa shape index (κ3) is 3.78. The maximum absolute atomic E-state index is 12.8. The lowest BCUT2D eigenvalue weighted by molar-refractivity contribution is -0.141. The van der Waals surface area contributed by atoms with E-state index in [1.807, 2.05) is 36.4 Å². The molecule has 4 nitrogen and oxygen atoms in total. The highest BCUT2D eigenvalue weighted by Gasteiger charge is 2.41. The van der Waals surface area contributed by atoms with Crippen molar-refractivity contribution >= 4 is 11.6 Å². The smallest absolute Gasteiger partial charge is 0.385 e. The van der Waals surface area contributed by atoms with E-state index >= 15 is 0 Å². The first kappa shape index (κ1) is 17.5. The number of benzene rings is 2. The van der Waals surface area contributed by atoms with Gasteiger partial charge in [-0.2, -0.15) is 13.2 Å². The molecule has 0 atom stereocenters. The van der Waals surface area contributed by atoms with E-state index in [0.29, 0.717) is 5.69 Å². The second-order valence-electron chi connectivity index (χ2n) is 6.58. The maximum Gasteiger partial charge on any atom is 0.433 e. The normalized spacial score (nSPS) is 15.4. The molecule has 138 valence electrons. The molecular formula is C20H16F3N3O. The van der Waals surface area contributed by atoms with Gasteiger partial charge >= 0.3 is 6.18 Å². The first-order valence-corrected chi connectivity index (χ1v) is 8.44. The molecule has 2 aromatic carbocycles. The van der Waals surface area contributed by atoms with E-state index in [1.54, 1.807) is 12.1 Å². The summed E-state index contributed by atoms with van der Waals surface area (Å²) in [5, 5.41) is 13.0. The van der Waals surface area contributed by atoms with Gasteiger partial charge in [0, 0.05) is 11.9 Å². The fraction of sp³-hybridized carbons (Fsp3) is 0.200. The van der Waals surface area contributed by atoms with Crippen LogP contribution in [0.5, 0.6) is 0 Å². The summed E-state index contributed by atoms with van der Waals surface area (Å²) in [6, 6.07) is 15.7. The molecule has 0 bridgehead atoms. The fourth-order valence-corrected chi connectivity index (χ4v) is 2.86. The Balaban J connectivity index is 1.56. The van der Waals surface area contributed by atoms with Crippen molar-refractivity contribution in [3.63, 3.8) is 0 Å². The summed E-state index contributed by atoms with van der Waals surface area (Å²) in [6.45, 7) is 0. The molecule has 0 radical (unpaired) electrons. The number of rotatable bonds is 4. The fourth-order valence-electron chi connectivity index (χ4n) is 2.86. The van der Waals surface area contributed by atoms with Crippen LogP contribution in [0.4, 0.5) is 24.8 Å². The van der Waals surface area contributed by atoms with Gasteiger partial charge in [-0.1, -0.05) is 36.4 Å². The van der Waals surface area contributed by atoms with Crippen LogP contribution >= 0.6 is 0 Å². The number of anilines is 2. The molecule has 1 heterocycles. The number of aromatic nitrogens is 2. The van der Waals surface area contributed by atoms with E-state index in [0.717, 1.165) is 41.8 Å². The monoisotopic (exact) mass is 371 g/mol. The summed E-state index contributed by atoms with van der Waals surface area (Å²) in [5.74, 6) is -0.117. The summed E-state index contributed by atoms with van der Waals surface area (Å²) >= 11 is 0. The van der Waals surface area contributed by atoms with Crippen LogP contribution in [0.25, 0.3) is 11.1 Å². The number of alkyl halides is 3. The molecule has 1 saturated carbocycles. The van der Waals surface area contributed by atoms with Crippen LogP contribution in [0.3, 0.4) is 0 Å². The molecular weight excluding hydrogens is 355 g/mol. The van der Waals surface area contributed by atoms with Crippen LogP contribution in [-0.4, -0.2) is 15.1 Å². The average molecular weight is 371 g/mol. The highest BCUT2D eigenvalue weighted by Crippen LogP contribution is 2.45. The molecule has 7 heteroatoms. The number of halogens is 3. The van der Waals surface area contributed by atoms with Gasteiger partial charge in [0.1, 0.15) is 5.69 Å². The Morgan fingerprint density at radius 3 is 2.37 bits per heavy atom. The van der Waals surface area contributed by atoms with Crippen LogP contribution in [0.15, 0.2) is 60.8 Å². The SMILES string of the molecule is OC1(c2ccc(-c3cccc(Nc4nccc(C(F)(F)F)n4)c3)cc2)CC1. The van der Waals surface area contributed by atoms with Gasteiger partial charge in [0.05, 0.1) is 5.60 Å². The summed E-state index contributed by atoms with van der Waals surface area (Å²) < 4.78 is 38.3. The minimum atomic E-state index is -4.52. The molecule has 3 aromatic rings. The first-order valence-electron chi connectivity index (χ1n) is 8.44. The van der Waals surface area contributed by atoms with Crippen LogP contribution in [0, 0.1) is 0 Å². The first-order chi connectivity index (χ1) is 12.8. The molecule has 4 rings (SSSR count). The molecule has 1 aliphatic carbocycles. The van der Waals surface area contributed by atoms with Gasteiger partial charge in [0.25, 0.3) is 0 Å². The minimum absolute atomic E-state index is 0.117. The number of aliphatic hydroxyl groups is 1. The quantitative estimate of drug-likeness (QED) is 0.686. The zero-order valence-electron chi connectivity index (χ0n) is 14.2. The van der Waals surface area contributed by atoms with Crippen molar-refractivity contribution in [1.82, 2.24) is 9.97 Å². The van der Waals surface area contributed by atoms with E-state index in [-0.39, 0.29) is 5.95 Å². The molecule has 27 heavy (non-hydrogen) atoms. The van der Waals surface area contributed by atoms with Crippen LogP contribution in [0.2, 0.25) is 0 Å². The average Bonchev–Trinajstić information content (AvgIpc) is 3.40. The molecule has 0 saturated heterocycles. The lowest BCUT2D eigenvalue weighted by atomic mass is 10.0. The van der Waals surface area contributed by atoms with Crippen molar-refractivity contribution in [2.24, 2.45) is 0 Å². The Bertz CT molecular complexity index is 967. The molecule has 0 aliphatic heterocycles. The molecule has 0 unspecified atom stereocenters. The summed E-state index contributed by atoms with van der Waals surface area (Å²) in [5.41, 5.74) is 1.64. The van der Waals surface area contributed by atoms with Crippen molar-refractivity contribution in [2.45, 2.75) is 24.6 Å². The summed E-state index contributed by atoms with van der Waals surface area (Å²) in [6.07, 6.45) is -1.89. The number of nitrogens with one attached hydrogen (secondary N) is 1. The molecule has 1 aromatic heterocycles. The van der Waals surface area contributed by atoms with E-state index < -0.39 is 17.5 Å². The second kappa shape index (κ2) is 6.35. The van der Waals surface area contributed by atoms with Gasteiger partial charge in [0.15, 0.2) is 0 Å². The van der Waals surface area contributed by atoms with Crippen molar-refractivity contribution in [1.29, 1.82) is 0 Å². The summed E-state index contributed by atoms with van der Waals surface area (Å²) in [4.78, 5) is 7.36. The Kier molecular flexibility index (Phi) is 4.11. The van der Waals surface area contributed by atoms with Crippen LogP contribution < -0.4 is 5.32 Å². The van der Waals surface area contributed by atoms with Crippen molar-refractivity contribution in [3.05, 3.63) is 72.1 Å². The zero-order valence-corrected chi connectivity index (χ0v) is 14.2. The van der Waals surface area contributed by atoms with E-state index in [4.69, 9.17) is 0 Å². The van der Waals surface area contributed by atoms with E-state index in [1.165, 1.54) is 0 Å².